The number of carbonyl (C=O) groups is 2. The third-order valence-electron chi connectivity index (χ3n) is 2.66. The van der Waals surface area contributed by atoms with Gasteiger partial charge in [-0.1, -0.05) is 12.1 Å². The minimum Gasteiger partial charge on any atom is -0.492 e. The third kappa shape index (κ3) is 6.29. The molecule has 0 spiro atoms. The summed E-state index contributed by atoms with van der Waals surface area (Å²) in [5, 5.41) is 0. The van der Waals surface area contributed by atoms with Gasteiger partial charge in [0, 0.05) is 12.1 Å². The molecule has 1 amide bonds. The number of likely N-dealkylation sites (N-methyl/N-ethyl adjacent to an activating group) is 1. The minimum atomic E-state index is -0.510. The molecular formula is C16H23NO4. The van der Waals surface area contributed by atoms with Crippen molar-refractivity contribution in [2.75, 3.05) is 19.7 Å². The largest absolute Gasteiger partial charge is 0.492 e. The summed E-state index contributed by atoms with van der Waals surface area (Å²) >= 11 is 0. The second-order valence-electron chi connectivity index (χ2n) is 5.60. The Morgan fingerprint density at radius 2 is 2.05 bits per heavy atom. The van der Waals surface area contributed by atoms with Gasteiger partial charge in [0.2, 0.25) is 0 Å². The molecule has 0 heterocycles. The van der Waals surface area contributed by atoms with Gasteiger partial charge < -0.3 is 14.4 Å². The van der Waals surface area contributed by atoms with Crippen molar-refractivity contribution in [2.24, 2.45) is 0 Å². The summed E-state index contributed by atoms with van der Waals surface area (Å²) in [5.41, 5.74) is 0.0518. The van der Waals surface area contributed by atoms with E-state index in [1.165, 1.54) is 0 Å². The van der Waals surface area contributed by atoms with Crippen molar-refractivity contribution in [2.45, 2.75) is 33.3 Å². The van der Waals surface area contributed by atoms with Gasteiger partial charge in [0.25, 0.3) is 0 Å². The first-order valence-electron chi connectivity index (χ1n) is 7.01. The van der Waals surface area contributed by atoms with Crippen molar-refractivity contribution in [1.29, 1.82) is 0 Å². The Morgan fingerprint density at radius 1 is 1.33 bits per heavy atom. The normalized spacial score (nSPS) is 10.9. The van der Waals surface area contributed by atoms with E-state index in [0.717, 1.165) is 6.29 Å². The van der Waals surface area contributed by atoms with Gasteiger partial charge in [-0.3, -0.25) is 4.79 Å². The highest BCUT2D eigenvalue weighted by Gasteiger charge is 2.20. The number of amides is 1. The Balaban J connectivity index is 2.48. The standard InChI is InChI=1S/C16H23NO4/c1-5-17(15(19)21-16(2,3)4)9-10-20-14-8-6-7-13(11-14)12-18/h6-8,11-12H,5,9-10H2,1-4H3. The number of hydrogen-bond donors (Lipinski definition) is 0. The van der Waals surface area contributed by atoms with Crippen LogP contribution in [-0.4, -0.2) is 42.6 Å². The van der Waals surface area contributed by atoms with Crippen LogP contribution in [-0.2, 0) is 4.74 Å². The van der Waals surface area contributed by atoms with E-state index in [-0.39, 0.29) is 6.09 Å². The predicted octanol–water partition coefficient (Wildman–Crippen LogP) is 3.13. The molecule has 0 aromatic heterocycles. The van der Waals surface area contributed by atoms with Gasteiger partial charge in [-0.15, -0.1) is 0 Å². The topological polar surface area (TPSA) is 55.8 Å². The summed E-state index contributed by atoms with van der Waals surface area (Å²) in [6.45, 7) is 8.70. The highest BCUT2D eigenvalue weighted by atomic mass is 16.6. The van der Waals surface area contributed by atoms with Crippen molar-refractivity contribution >= 4 is 12.4 Å². The van der Waals surface area contributed by atoms with Crippen LogP contribution < -0.4 is 4.74 Å². The van der Waals surface area contributed by atoms with Gasteiger partial charge in [-0.05, 0) is 39.8 Å². The molecule has 0 aliphatic rings. The lowest BCUT2D eigenvalue weighted by molar-refractivity contribution is 0.0237. The first-order chi connectivity index (χ1) is 9.85. The van der Waals surface area contributed by atoms with E-state index in [1.54, 1.807) is 29.2 Å². The first kappa shape index (κ1) is 17.0. The molecule has 21 heavy (non-hydrogen) atoms. The zero-order chi connectivity index (χ0) is 15.9. The van der Waals surface area contributed by atoms with Gasteiger partial charge in [0.15, 0.2) is 0 Å². The van der Waals surface area contributed by atoms with Gasteiger partial charge >= 0.3 is 6.09 Å². The van der Waals surface area contributed by atoms with E-state index < -0.39 is 5.60 Å². The molecule has 1 aromatic carbocycles. The predicted molar refractivity (Wildman–Crippen MR) is 80.8 cm³/mol. The molecule has 0 atom stereocenters. The molecule has 0 bridgehead atoms. The van der Waals surface area contributed by atoms with E-state index in [0.29, 0.717) is 31.0 Å². The maximum absolute atomic E-state index is 11.9. The molecule has 0 N–H and O–H groups in total. The third-order valence-corrected chi connectivity index (χ3v) is 2.66. The van der Waals surface area contributed by atoms with E-state index in [4.69, 9.17) is 9.47 Å². The SMILES string of the molecule is CCN(CCOc1cccc(C=O)c1)C(=O)OC(C)(C)C. The molecule has 1 aromatic rings. The van der Waals surface area contributed by atoms with Crippen LogP contribution in [0.5, 0.6) is 5.75 Å². The fraction of sp³-hybridized carbons (Fsp3) is 0.500. The Kier molecular flexibility index (Phi) is 6.21. The quantitative estimate of drug-likeness (QED) is 0.756. The zero-order valence-electron chi connectivity index (χ0n) is 13.1. The molecule has 0 saturated carbocycles. The Hall–Kier alpha value is -2.04. The number of rotatable bonds is 6. The van der Waals surface area contributed by atoms with E-state index >= 15 is 0 Å². The lowest BCUT2D eigenvalue weighted by Gasteiger charge is -2.26. The van der Waals surface area contributed by atoms with Gasteiger partial charge in [-0.25, -0.2) is 4.79 Å². The van der Waals surface area contributed by atoms with Gasteiger partial charge in [0.05, 0.1) is 6.54 Å². The molecule has 0 unspecified atom stereocenters. The maximum atomic E-state index is 11.9. The van der Waals surface area contributed by atoms with Crippen LogP contribution in [0.15, 0.2) is 24.3 Å². The summed E-state index contributed by atoms with van der Waals surface area (Å²) in [4.78, 5) is 24.2. The van der Waals surface area contributed by atoms with Crippen LogP contribution in [0, 0.1) is 0 Å². The van der Waals surface area contributed by atoms with Crippen LogP contribution in [0.3, 0.4) is 0 Å². The lowest BCUT2D eigenvalue weighted by Crippen LogP contribution is -2.38. The Labute approximate surface area is 125 Å². The van der Waals surface area contributed by atoms with Crippen molar-refractivity contribution < 1.29 is 19.1 Å². The van der Waals surface area contributed by atoms with Gasteiger partial charge in [0.1, 0.15) is 24.2 Å². The second-order valence-corrected chi connectivity index (χ2v) is 5.60. The Morgan fingerprint density at radius 3 is 2.62 bits per heavy atom. The number of hydrogen-bond acceptors (Lipinski definition) is 4. The number of nitrogens with zero attached hydrogens (tertiary/aromatic N) is 1. The van der Waals surface area contributed by atoms with Crippen molar-refractivity contribution in [3.8, 4) is 5.75 Å². The van der Waals surface area contributed by atoms with Crippen LogP contribution in [0.4, 0.5) is 4.79 Å². The molecule has 5 nitrogen and oxygen atoms in total. The molecule has 0 aliphatic heterocycles. The minimum absolute atomic E-state index is 0.343. The fourth-order valence-corrected chi connectivity index (χ4v) is 1.66. The highest BCUT2D eigenvalue weighted by molar-refractivity contribution is 5.75. The molecular weight excluding hydrogens is 270 g/mol. The van der Waals surface area contributed by atoms with Crippen molar-refractivity contribution in [3.05, 3.63) is 29.8 Å². The summed E-state index contributed by atoms with van der Waals surface area (Å²) in [7, 11) is 0. The van der Waals surface area contributed by atoms with Crippen molar-refractivity contribution in [1.82, 2.24) is 4.90 Å². The van der Waals surface area contributed by atoms with Crippen LogP contribution >= 0.6 is 0 Å². The Bertz CT molecular complexity index is 479. The second kappa shape index (κ2) is 7.67. The van der Waals surface area contributed by atoms with Crippen LogP contribution in [0.2, 0.25) is 0 Å². The van der Waals surface area contributed by atoms with Gasteiger partial charge in [-0.2, -0.15) is 0 Å². The molecule has 116 valence electrons. The van der Waals surface area contributed by atoms with E-state index in [9.17, 15) is 9.59 Å². The van der Waals surface area contributed by atoms with Crippen LogP contribution in [0.1, 0.15) is 38.1 Å². The van der Waals surface area contributed by atoms with E-state index in [1.807, 2.05) is 27.7 Å². The summed E-state index contributed by atoms with van der Waals surface area (Å²) < 4.78 is 10.9. The molecule has 0 fully saturated rings. The average molecular weight is 293 g/mol. The van der Waals surface area contributed by atoms with Crippen molar-refractivity contribution in [3.63, 3.8) is 0 Å². The summed E-state index contributed by atoms with van der Waals surface area (Å²) in [6.07, 6.45) is 0.418. The zero-order valence-corrected chi connectivity index (χ0v) is 13.1. The molecule has 0 saturated heterocycles. The average Bonchev–Trinajstić information content (AvgIpc) is 2.42. The fourth-order valence-electron chi connectivity index (χ4n) is 1.66. The highest BCUT2D eigenvalue weighted by Crippen LogP contribution is 2.13. The molecule has 0 radical (unpaired) electrons. The first-order valence-corrected chi connectivity index (χ1v) is 7.01. The molecule has 0 aliphatic carbocycles. The number of carbonyl (C=O) groups excluding carboxylic acids is 2. The number of ether oxygens (including phenoxy) is 2. The molecule has 5 heteroatoms. The number of aldehydes is 1. The monoisotopic (exact) mass is 293 g/mol. The number of benzene rings is 1. The smallest absolute Gasteiger partial charge is 0.410 e. The summed E-state index contributed by atoms with van der Waals surface area (Å²) in [5.74, 6) is 0.611. The van der Waals surface area contributed by atoms with Crippen LogP contribution in [0.25, 0.3) is 0 Å². The lowest BCUT2D eigenvalue weighted by atomic mass is 10.2. The van der Waals surface area contributed by atoms with E-state index in [2.05, 4.69) is 0 Å². The molecule has 1 rings (SSSR count). The maximum Gasteiger partial charge on any atom is 0.410 e. The summed E-state index contributed by atoms with van der Waals surface area (Å²) in [6, 6.07) is 6.90.